The van der Waals surface area contributed by atoms with E-state index in [0.29, 0.717) is 0 Å². The number of carbonyl (C=O) groups excluding carboxylic acids is 1. The molecule has 2 aromatic rings. The zero-order chi connectivity index (χ0) is 19.9. The molecule has 5 heteroatoms. The summed E-state index contributed by atoms with van der Waals surface area (Å²) in [6.45, 7) is 7.00. The van der Waals surface area contributed by atoms with Gasteiger partial charge in [-0.05, 0) is 38.3 Å². The summed E-state index contributed by atoms with van der Waals surface area (Å²) in [5.74, 6) is 0.799. The molecule has 0 aromatic heterocycles. The predicted octanol–water partition coefficient (Wildman–Crippen LogP) is 4.03. The second kappa shape index (κ2) is 9.60. The highest BCUT2D eigenvalue weighted by molar-refractivity contribution is 5.75. The molecule has 0 saturated carbocycles. The van der Waals surface area contributed by atoms with Gasteiger partial charge in [0.2, 0.25) is 0 Å². The molecule has 0 radical (unpaired) electrons. The van der Waals surface area contributed by atoms with Crippen molar-refractivity contribution in [2.45, 2.75) is 45.3 Å². The normalized spacial score (nSPS) is 16.4. The minimum absolute atomic E-state index is 0.113. The van der Waals surface area contributed by atoms with Gasteiger partial charge in [-0.1, -0.05) is 48.0 Å². The van der Waals surface area contributed by atoms with E-state index in [1.54, 1.807) is 7.11 Å². The van der Waals surface area contributed by atoms with Crippen molar-refractivity contribution in [2.24, 2.45) is 0 Å². The Labute approximate surface area is 168 Å². The molecule has 0 bridgehead atoms. The fourth-order valence-corrected chi connectivity index (χ4v) is 3.77. The molecule has 1 unspecified atom stereocenters. The summed E-state index contributed by atoms with van der Waals surface area (Å²) in [6, 6.07) is 16.6. The van der Waals surface area contributed by atoms with Gasteiger partial charge in [-0.25, -0.2) is 4.79 Å². The second-order valence-corrected chi connectivity index (χ2v) is 7.62. The number of benzene rings is 2. The maximum Gasteiger partial charge on any atom is 0.315 e. The molecule has 3 rings (SSSR count). The number of piperidine rings is 1. The van der Waals surface area contributed by atoms with Crippen molar-refractivity contribution in [1.29, 1.82) is 0 Å². The number of urea groups is 1. The van der Waals surface area contributed by atoms with E-state index >= 15 is 0 Å². The number of methoxy groups -OCH3 is 1. The van der Waals surface area contributed by atoms with Crippen LogP contribution in [0.1, 0.15) is 42.5 Å². The number of ether oxygens (including phenoxy) is 1. The molecular weight excluding hydrogens is 350 g/mol. The van der Waals surface area contributed by atoms with Crippen LogP contribution in [0.3, 0.4) is 0 Å². The van der Waals surface area contributed by atoms with Gasteiger partial charge in [0.15, 0.2) is 0 Å². The number of nitrogens with zero attached hydrogens (tertiary/aromatic N) is 1. The van der Waals surface area contributed by atoms with Crippen LogP contribution >= 0.6 is 0 Å². The van der Waals surface area contributed by atoms with Crippen LogP contribution in [0, 0.1) is 6.92 Å². The Kier molecular flexibility index (Phi) is 6.93. The SMILES string of the molecule is COc1ccc(C)cc1C(C)NC(=O)NC1CCN(Cc2ccccc2)CC1. The van der Waals surface area contributed by atoms with E-state index < -0.39 is 0 Å². The van der Waals surface area contributed by atoms with Gasteiger partial charge in [-0.15, -0.1) is 0 Å². The third-order valence-corrected chi connectivity index (χ3v) is 5.37. The van der Waals surface area contributed by atoms with Gasteiger partial charge in [0, 0.05) is 31.2 Å². The molecule has 5 nitrogen and oxygen atoms in total. The lowest BCUT2D eigenvalue weighted by atomic mass is 10.0. The third kappa shape index (κ3) is 5.49. The molecule has 1 aliphatic heterocycles. The first-order valence-electron chi connectivity index (χ1n) is 10.0. The molecule has 1 saturated heterocycles. The van der Waals surface area contributed by atoms with Crippen LogP contribution in [0.2, 0.25) is 0 Å². The van der Waals surface area contributed by atoms with Crippen molar-refractivity contribution in [3.63, 3.8) is 0 Å². The van der Waals surface area contributed by atoms with E-state index in [9.17, 15) is 4.79 Å². The van der Waals surface area contributed by atoms with Gasteiger partial charge in [0.05, 0.1) is 13.2 Å². The van der Waals surface area contributed by atoms with Gasteiger partial charge in [0.1, 0.15) is 5.75 Å². The maximum absolute atomic E-state index is 12.5. The highest BCUT2D eigenvalue weighted by Gasteiger charge is 2.22. The van der Waals surface area contributed by atoms with Crippen molar-refractivity contribution in [3.8, 4) is 5.75 Å². The topological polar surface area (TPSA) is 53.6 Å². The molecule has 1 fully saturated rings. The lowest BCUT2D eigenvalue weighted by molar-refractivity contribution is 0.186. The molecular formula is C23H31N3O2. The number of hydrogen-bond acceptors (Lipinski definition) is 3. The summed E-state index contributed by atoms with van der Waals surface area (Å²) >= 11 is 0. The first kappa shape index (κ1) is 20.2. The van der Waals surface area contributed by atoms with Gasteiger partial charge in [0.25, 0.3) is 0 Å². The highest BCUT2D eigenvalue weighted by Crippen LogP contribution is 2.26. The average Bonchev–Trinajstić information content (AvgIpc) is 2.70. The molecule has 2 N–H and O–H groups in total. The molecule has 1 atom stereocenters. The number of carbonyl (C=O) groups is 1. The fourth-order valence-electron chi connectivity index (χ4n) is 3.77. The van der Waals surface area contributed by atoms with Crippen LogP contribution in [0.5, 0.6) is 5.75 Å². The number of likely N-dealkylation sites (tertiary alicyclic amines) is 1. The van der Waals surface area contributed by atoms with Crippen LogP contribution in [0.4, 0.5) is 4.79 Å². The molecule has 1 heterocycles. The Hall–Kier alpha value is -2.53. The predicted molar refractivity (Wildman–Crippen MR) is 113 cm³/mol. The fraction of sp³-hybridized carbons (Fsp3) is 0.435. The van der Waals surface area contributed by atoms with Gasteiger partial charge < -0.3 is 15.4 Å². The minimum Gasteiger partial charge on any atom is -0.496 e. The zero-order valence-electron chi connectivity index (χ0n) is 17.1. The number of amides is 2. The van der Waals surface area contributed by atoms with E-state index in [1.807, 2.05) is 32.0 Å². The van der Waals surface area contributed by atoms with Crippen molar-refractivity contribution < 1.29 is 9.53 Å². The van der Waals surface area contributed by atoms with Crippen molar-refractivity contribution in [2.75, 3.05) is 20.2 Å². The molecule has 2 amide bonds. The first-order chi connectivity index (χ1) is 13.5. The Balaban J connectivity index is 1.46. The average molecular weight is 382 g/mol. The Morgan fingerprint density at radius 2 is 1.89 bits per heavy atom. The molecule has 0 aliphatic carbocycles. The number of rotatable bonds is 6. The van der Waals surface area contributed by atoms with E-state index in [-0.39, 0.29) is 18.1 Å². The summed E-state index contributed by atoms with van der Waals surface area (Å²) in [5, 5.41) is 6.19. The third-order valence-electron chi connectivity index (χ3n) is 5.37. The van der Waals surface area contributed by atoms with Gasteiger partial charge in [-0.3, -0.25) is 4.90 Å². The van der Waals surface area contributed by atoms with Crippen LogP contribution in [-0.2, 0) is 6.54 Å². The van der Waals surface area contributed by atoms with Gasteiger partial charge in [-0.2, -0.15) is 0 Å². The molecule has 1 aliphatic rings. The summed E-state index contributed by atoms with van der Waals surface area (Å²) in [5.41, 5.74) is 3.48. The van der Waals surface area contributed by atoms with E-state index in [4.69, 9.17) is 4.74 Å². The van der Waals surface area contributed by atoms with Crippen LogP contribution < -0.4 is 15.4 Å². The standard InChI is InChI=1S/C23H31N3O2/c1-17-9-10-22(28-3)21(15-17)18(2)24-23(27)25-20-11-13-26(14-12-20)16-19-7-5-4-6-8-19/h4-10,15,18,20H,11-14,16H2,1-3H3,(H2,24,25,27). The monoisotopic (exact) mass is 381 g/mol. The summed E-state index contributed by atoms with van der Waals surface area (Å²) in [6.07, 6.45) is 1.95. The minimum atomic E-state index is -0.118. The summed E-state index contributed by atoms with van der Waals surface area (Å²) in [4.78, 5) is 14.9. The maximum atomic E-state index is 12.5. The first-order valence-corrected chi connectivity index (χ1v) is 10.0. The van der Waals surface area contributed by atoms with E-state index in [2.05, 4.69) is 45.9 Å². The Morgan fingerprint density at radius 3 is 2.57 bits per heavy atom. The summed E-state index contributed by atoms with van der Waals surface area (Å²) in [7, 11) is 1.66. The van der Waals surface area contributed by atoms with Crippen molar-refractivity contribution in [3.05, 3.63) is 65.2 Å². The van der Waals surface area contributed by atoms with Crippen LogP contribution in [-0.4, -0.2) is 37.2 Å². The lowest BCUT2D eigenvalue weighted by Crippen LogP contribution is -2.48. The second-order valence-electron chi connectivity index (χ2n) is 7.62. The van der Waals surface area contributed by atoms with Gasteiger partial charge >= 0.3 is 6.03 Å². The molecule has 2 aromatic carbocycles. The molecule has 28 heavy (non-hydrogen) atoms. The van der Waals surface area contributed by atoms with Crippen LogP contribution in [0.25, 0.3) is 0 Å². The largest absolute Gasteiger partial charge is 0.496 e. The van der Waals surface area contributed by atoms with E-state index in [0.717, 1.165) is 49.4 Å². The molecule has 0 spiro atoms. The lowest BCUT2D eigenvalue weighted by Gasteiger charge is -2.32. The highest BCUT2D eigenvalue weighted by atomic mass is 16.5. The Morgan fingerprint density at radius 1 is 1.18 bits per heavy atom. The smallest absolute Gasteiger partial charge is 0.315 e. The number of hydrogen-bond donors (Lipinski definition) is 2. The quantitative estimate of drug-likeness (QED) is 0.794. The summed E-state index contributed by atoms with van der Waals surface area (Å²) < 4.78 is 5.44. The van der Waals surface area contributed by atoms with E-state index in [1.165, 1.54) is 5.56 Å². The Bertz CT molecular complexity index is 771. The zero-order valence-corrected chi connectivity index (χ0v) is 17.1. The number of aryl methyl sites for hydroxylation is 1. The van der Waals surface area contributed by atoms with Crippen LogP contribution in [0.15, 0.2) is 48.5 Å². The van der Waals surface area contributed by atoms with Crippen molar-refractivity contribution >= 4 is 6.03 Å². The molecule has 150 valence electrons. The number of nitrogens with one attached hydrogen (secondary N) is 2. The van der Waals surface area contributed by atoms with Crippen molar-refractivity contribution in [1.82, 2.24) is 15.5 Å².